The Hall–Kier alpha value is -5.01. The molecule has 0 amide bonds. The second kappa shape index (κ2) is 15.8. The maximum Gasteiger partial charge on any atom is 0.339 e. The van der Waals surface area contributed by atoms with Crippen LogP contribution in [0.5, 0.6) is 17.2 Å². The highest BCUT2D eigenvalue weighted by Gasteiger charge is 2.24. The van der Waals surface area contributed by atoms with Crippen molar-refractivity contribution in [2.75, 3.05) is 26.2 Å². The molecule has 9 nitrogen and oxygen atoms in total. The zero-order valence-corrected chi connectivity index (χ0v) is 32.3. The average molecular weight is 782 g/mol. The lowest BCUT2D eigenvalue weighted by Gasteiger charge is -2.26. The topological polar surface area (TPSA) is 116 Å². The Balaban J connectivity index is 1.18. The van der Waals surface area contributed by atoms with E-state index in [4.69, 9.17) is 13.1 Å². The van der Waals surface area contributed by atoms with Crippen molar-refractivity contribution in [1.29, 1.82) is 0 Å². The van der Waals surface area contributed by atoms with Gasteiger partial charge in [0.05, 0.1) is 0 Å². The van der Waals surface area contributed by atoms with Crippen LogP contribution in [0.3, 0.4) is 0 Å². The molecule has 12 heteroatoms. The number of ketones is 1. The number of hydrogen-bond donors (Lipinski definition) is 0. The van der Waals surface area contributed by atoms with Crippen molar-refractivity contribution in [1.82, 2.24) is 4.90 Å². The number of benzene rings is 5. The van der Waals surface area contributed by atoms with Crippen molar-refractivity contribution in [2.45, 2.75) is 42.9 Å². The van der Waals surface area contributed by atoms with Crippen molar-refractivity contribution >= 4 is 47.4 Å². The molecule has 0 radical (unpaired) electrons. The Morgan fingerprint density at radius 2 is 1.19 bits per heavy atom. The number of rotatable bonds is 13. The van der Waals surface area contributed by atoms with Crippen LogP contribution >= 0.6 is 11.3 Å². The predicted octanol–water partition coefficient (Wildman–Crippen LogP) is 8.82. The van der Waals surface area contributed by atoms with Crippen LogP contribution < -0.4 is 13.1 Å². The van der Waals surface area contributed by atoms with E-state index >= 15 is 0 Å². The van der Waals surface area contributed by atoms with E-state index in [1.54, 1.807) is 84.9 Å². The van der Waals surface area contributed by atoms with Crippen molar-refractivity contribution in [3.05, 3.63) is 138 Å². The predicted molar refractivity (Wildman–Crippen MR) is 211 cm³/mol. The number of carbonyl (C=O) groups is 1. The maximum atomic E-state index is 14.3. The van der Waals surface area contributed by atoms with E-state index in [2.05, 4.69) is 4.90 Å². The number of piperidine rings is 1. The lowest BCUT2D eigenvalue weighted by atomic mass is 9.97. The normalized spacial score (nSPS) is 13.8. The van der Waals surface area contributed by atoms with Gasteiger partial charge in [-0.1, -0.05) is 41.8 Å². The van der Waals surface area contributed by atoms with E-state index in [1.807, 2.05) is 13.8 Å². The fourth-order valence-electron chi connectivity index (χ4n) is 6.30. The Morgan fingerprint density at radius 3 is 1.78 bits per heavy atom. The van der Waals surface area contributed by atoms with Gasteiger partial charge in [-0.2, -0.15) is 16.8 Å². The molecular weight excluding hydrogens is 743 g/mol. The summed E-state index contributed by atoms with van der Waals surface area (Å²) in [7, 11) is -8.18. The Kier molecular flexibility index (Phi) is 10.9. The molecule has 0 bridgehead atoms. The molecule has 2 heterocycles. The zero-order chi connectivity index (χ0) is 37.9. The van der Waals surface area contributed by atoms with Crippen LogP contribution in [-0.2, 0) is 20.2 Å². The molecule has 0 atom stereocenters. The molecule has 7 rings (SSSR count). The molecule has 1 aliphatic rings. The second-order valence-electron chi connectivity index (χ2n) is 13.3. The smallest absolute Gasteiger partial charge is 0.339 e. The van der Waals surface area contributed by atoms with E-state index in [0.29, 0.717) is 44.0 Å². The molecule has 1 aromatic heterocycles. The maximum absolute atomic E-state index is 14.3. The first-order valence-corrected chi connectivity index (χ1v) is 21.3. The molecule has 0 saturated carbocycles. The monoisotopic (exact) mass is 781 g/mol. The lowest BCUT2D eigenvalue weighted by Crippen LogP contribution is -2.33. The van der Waals surface area contributed by atoms with Crippen LogP contribution in [0.2, 0.25) is 0 Å². The van der Waals surface area contributed by atoms with Crippen LogP contribution in [0, 0.1) is 13.8 Å². The largest absolute Gasteiger partial charge is 0.492 e. The lowest BCUT2D eigenvalue weighted by molar-refractivity contribution is 0.104. The summed E-state index contributed by atoms with van der Waals surface area (Å²) in [6, 6.07) is 31.1. The summed E-state index contributed by atoms with van der Waals surface area (Å²) in [6.07, 6.45) is 3.70. The molecule has 6 aromatic rings. The minimum atomic E-state index is -4.11. The van der Waals surface area contributed by atoms with Gasteiger partial charge in [-0.3, -0.25) is 9.69 Å². The van der Waals surface area contributed by atoms with Crippen LogP contribution in [-0.4, -0.2) is 53.8 Å². The minimum absolute atomic E-state index is 0.0292. The molecule has 1 fully saturated rings. The summed E-state index contributed by atoms with van der Waals surface area (Å²) in [5.41, 5.74) is 3.35. The zero-order valence-electron chi connectivity index (χ0n) is 29.9. The summed E-state index contributed by atoms with van der Waals surface area (Å²) >= 11 is 1.30. The molecule has 278 valence electrons. The molecular formula is C42H39NO8S3. The summed E-state index contributed by atoms with van der Waals surface area (Å²) in [4.78, 5) is 17.4. The van der Waals surface area contributed by atoms with E-state index in [9.17, 15) is 21.6 Å². The molecule has 1 aliphatic heterocycles. The van der Waals surface area contributed by atoms with E-state index in [0.717, 1.165) is 30.8 Å². The highest BCUT2D eigenvalue weighted by atomic mass is 32.2. The van der Waals surface area contributed by atoms with Crippen LogP contribution in [0.25, 0.3) is 20.5 Å². The van der Waals surface area contributed by atoms with Gasteiger partial charge in [0.15, 0.2) is 5.78 Å². The number of carbonyl (C=O) groups excluding carboxylic acids is 1. The number of hydrogen-bond acceptors (Lipinski definition) is 10. The van der Waals surface area contributed by atoms with Crippen molar-refractivity contribution in [2.24, 2.45) is 0 Å². The molecule has 0 aliphatic carbocycles. The number of thiophene rings is 1. The van der Waals surface area contributed by atoms with Gasteiger partial charge in [0.1, 0.15) is 33.6 Å². The Labute approximate surface area is 320 Å². The molecule has 54 heavy (non-hydrogen) atoms. The summed E-state index contributed by atoms with van der Waals surface area (Å²) in [5.74, 6) is 0.651. The standard InChI is InChI=1S/C42H39NO8S3/c1-29-6-19-36(20-7-29)53(45,46)50-34-16-12-32(13-17-34)42-40(41(44)31-10-14-33(15-11-31)49-27-26-43-24-4-3-5-25-43)38-23-18-35(28-39(38)52-42)51-54(47,48)37-21-8-30(2)9-22-37/h6-23,28H,3-5,24-27H2,1-2H3. The SMILES string of the molecule is Cc1ccc(S(=O)(=O)Oc2ccc(-c3sc4cc(OS(=O)(=O)c5ccc(C)cc5)ccc4c3C(=O)c3ccc(OCCN4CCCCC4)cc3)cc2)cc1. The first-order valence-electron chi connectivity index (χ1n) is 17.6. The van der Waals surface area contributed by atoms with Crippen LogP contribution in [0.1, 0.15) is 46.3 Å². The summed E-state index contributed by atoms with van der Waals surface area (Å²) < 4.78 is 69.7. The van der Waals surface area contributed by atoms with Crippen molar-refractivity contribution in [3.63, 3.8) is 0 Å². The second-order valence-corrected chi connectivity index (χ2v) is 17.4. The highest BCUT2D eigenvalue weighted by Crippen LogP contribution is 2.42. The minimum Gasteiger partial charge on any atom is -0.492 e. The van der Waals surface area contributed by atoms with E-state index < -0.39 is 20.2 Å². The first kappa shape index (κ1) is 37.3. The summed E-state index contributed by atoms with van der Waals surface area (Å²) in [5, 5.41) is 0.615. The average Bonchev–Trinajstić information content (AvgIpc) is 3.54. The van der Waals surface area contributed by atoms with E-state index in [1.165, 1.54) is 60.9 Å². The van der Waals surface area contributed by atoms with Crippen molar-refractivity contribution in [3.8, 4) is 27.7 Å². The number of likely N-dealkylation sites (tertiary alicyclic amines) is 1. The van der Waals surface area contributed by atoms with Gasteiger partial charge >= 0.3 is 20.2 Å². The van der Waals surface area contributed by atoms with Gasteiger partial charge in [0.2, 0.25) is 0 Å². The molecule has 5 aromatic carbocycles. The van der Waals surface area contributed by atoms with Crippen molar-refractivity contribution < 1.29 is 34.7 Å². The number of nitrogens with zero attached hydrogens (tertiary/aromatic N) is 1. The van der Waals surface area contributed by atoms with Crippen LogP contribution in [0.15, 0.2) is 125 Å². The van der Waals surface area contributed by atoms with Gasteiger partial charge in [-0.15, -0.1) is 11.3 Å². The molecule has 0 unspecified atom stereocenters. The number of fused-ring (bicyclic) bond motifs is 1. The van der Waals surface area contributed by atoms with Crippen LogP contribution in [0.4, 0.5) is 0 Å². The summed E-state index contributed by atoms with van der Waals surface area (Å²) in [6.45, 7) is 7.32. The molecule has 0 N–H and O–H groups in total. The van der Waals surface area contributed by atoms with Gasteiger partial charge < -0.3 is 13.1 Å². The fourth-order valence-corrected chi connectivity index (χ4v) is 9.39. The third kappa shape index (κ3) is 8.52. The van der Waals surface area contributed by atoms with Gasteiger partial charge in [-0.05, 0) is 136 Å². The molecule has 0 spiro atoms. The Morgan fingerprint density at radius 1 is 0.648 bits per heavy atom. The molecule has 1 saturated heterocycles. The van der Waals surface area contributed by atoms with Gasteiger partial charge in [-0.25, -0.2) is 0 Å². The third-order valence-corrected chi connectivity index (χ3v) is 13.0. The van der Waals surface area contributed by atoms with Gasteiger partial charge in [0.25, 0.3) is 0 Å². The third-order valence-electron chi connectivity index (χ3n) is 9.28. The Bertz CT molecular complexity index is 2490. The fraction of sp³-hybridized carbons (Fsp3) is 0.214. The van der Waals surface area contributed by atoms with Gasteiger partial charge in [0, 0.05) is 32.6 Å². The number of ether oxygens (including phenoxy) is 1. The first-order chi connectivity index (χ1) is 25.9. The number of aryl methyl sites for hydroxylation is 2. The highest BCUT2D eigenvalue weighted by molar-refractivity contribution is 7.87. The van der Waals surface area contributed by atoms with E-state index in [-0.39, 0.29) is 27.1 Å². The quantitative estimate of drug-likeness (QED) is 0.0838.